The van der Waals surface area contributed by atoms with Crippen LogP contribution >= 0.6 is 0 Å². The zero-order valence-corrected chi connectivity index (χ0v) is 13.7. The van der Waals surface area contributed by atoms with Crippen LogP contribution in [0.5, 0.6) is 0 Å². The average Bonchev–Trinajstić information content (AvgIpc) is 2.58. The quantitative estimate of drug-likeness (QED) is 0.467. The Balaban J connectivity index is 2.60. The van der Waals surface area contributed by atoms with Crippen LogP contribution in [0, 0.1) is 18.6 Å². The molecule has 0 aliphatic carbocycles. The third-order valence-corrected chi connectivity index (χ3v) is 3.68. The van der Waals surface area contributed by atoms with Crippen LogP contribution in [0.4, 0.5) is 17.6 Å². The highest BCUT2D eigenvalue weighted by molar-refractivity contribution is 5.69. The Hall–Kier alpha value is -2.81. The van der Waals surface area contributed by atoms with Gasteiger partial charge in [-0.2, -0.15) is 8.78 Å². The predicted molar refractivity (Wildman–Crippen MR) is 89.2 cm³/mol. The Kier molecular flexibility index (Phi) is 5.71. The molecule has 9 heteroatoms. The maximum absolute atomic E-state index is 15.1. The number of rotatable bonds is 6. The van der Waals surface area contributed by atoms with Crippen molar-refractivity contribution in [2.24, 2.45) is 15.7 Å². The number of hydrogen-bond donors (Lipinski definition) is 2. The van der Waals surface area contributed by atoms with Gasteiger partial charge in [0.2, 0.25) is 0 Å². The van der Waals surface area contributed by atoms with Crippen LogP contribution < -0.4 is 5.73 Å². The summed E-state index contributed by atoms with van der Waals surface area (Å²) in [6.45, 7) is 0.686. The van der Waals surface area contributed by atoms with E-state index >= 15 is 8.78 Å². The topological polar surface area (TPSA) is 83.9 Å². The lowest BCUT2D eigenvalue weighted by Gasteiger charge is -2.34. The number of nitrogens with two attached hydrogens (primary N) is 1. The minimum atomic E-state index is -4.04. The molecule has 1 atom stereocenters. The van der Waals surface area contributed by atoms with Crippen molar-refractivity contribution in [1.29, 1.82) is 0 Å². The maximum atomic E-state index is 15.1. The molecular formula is C17H16F4N4O. The Morgan fingerprint density at radius 1 is 1.23 bits per heavy atom. The van der Waals surface area contributed by atoms with Crippen LogP contribution in [0.3, 0.4) is 0 Å². The predicted octanol–water partition coefficient (Wildman–Crippen LogP) is 2.66. The van der Waals surface area contributed by atoms with Gasteiger partial charge >= 0.3 is 5.92 Å². The zero-order valence-electron chi connectivity index (χ0n) is 13.7. The van der Waals surface area contributed by atoms with Gasteiger partial charge in [0.1, 0.15) is 23.7 Å². The summed E-state index contributed by atoms with van der Waals surface area (Å²) in [5.41, 5.74) is 0.902. The molecule has 2 aromatic rings. The molecule has 138 valence electrons. The second-order valence-corrected chi connectivity index (χ2v) is 5.53. The van der Waals surface area contributed by atoms with Crippen LogP contribution in [-0.4, -0.2) is 29.3 Å². The lowest BCUT2D eigenvalue weighted by atomic mass is 9.84. The largest absolute Gasteiger partial charge is 0.390 e. The SMILES string of the molecule is Cc1ccc(C(F)(F)C(O)(CN=CN=CN)c2ccc(F)cc2F)nc1. The number of alkyl halides is 2. The summed E-state index contributed by atoms with van der Waals surface area (Å²) >= 11 is 0. The van der Waals surface area contributed by atoms with Gasteiger partial charge < -0.3 is 10.8 Å². The van der Waals surface area contributed by atoms with E-state index in [4.69, 9.17) is 5.73 Å². The minimum absolute atomic E-state index is 0.403. The van der Waals surface area contributed by atoms with Gasteiger partial charge in [0.05, 0.1) is 12.9 Å². The van der Waals surface area contributed by atoms with Crippen LogP contribution in [0.25, 0.3) is 0 Å². The third kappa shape index (κ3) is 3.72. The molecule has 0 amide bonds. The van der Waals surface area contributed by atoms with E-state index in [0.717, 1.165) is 30.9 Å². The highest BCUT2D eigenvalue weighted by Gasteiger charge is 2.57. The van der Waals surface area contributed by atoms with Crippen molar-refractivity contribution in [3.63, 3.8) is 0 Å². The molecule has 5 nitrogen and oxygen atoms in total. The molecule has 26 heavy (non-hydrogen) atoms. The van der Waals surface area contributed by atoms with E-state index in [1.807, 2.05) is 0 Å². The van der Waals surface area contributed by atoms with Crippen molar-refractivity contribution in [1.82, 2.24) is 4.98 Å². The summed E-state index contributed by atoms with van der Waals surface area (Å²) in [4.78, 5) is 10.6. The Morgan fingerprint density at radius 2 is 1.96 bits per heavy atom. The van der Waals surface area contributed by atoms with E-state index < -0.39 is 41.0 Å². The van der Waals surface area contributed by atoms with Gasteiger partial charge in [0.15, 0.2) is 5.60 Å². The van der Waals surface area contributed by atoms with Crippen LogP contribution in [0.2, 0.25) is 0 Å². The normalized spacial score (nSPS) is 14.8. The van der Waals surface area contributed by atoms with Gasteiger partial charge in [-0.25, -0.2) is 13.8 Å². The number of aryl methyl sites for hydroxylation is 1. The summed E-state index contributed by atoms with van der Waals surface area (Å²) < 4.78 is 57.5. The van der Waals surface area contributed by atoms with Crippen LogP contribution in [0.1, 0.15) is 16.8 Å². The molecule has 2 rings (SSSR count). The van der Waals surface area contributed by atoms with Gasteiger partial charge in [-0.1, -0.05) is 6.07 Å². The number of aromatic nitrogens is 1. The molecule has 1 aromatic heterocycles. The Labute approximate surface area is 146 Å². The van der Waals surface area contributed by atoms with Crippen molar-refractivity contribution in [3.05, 3.63) is 65.0 Å². The smallest absolute Gasteiger partial charge is 0.323 e. The standard InChI is InChI=1S/C17H16F4N4O/c1-11-2-5-15(25-7-11)17(20,21)16(26,8-23-10-24-9-22)13-4-3-12(18)6-14(13)19/h2-7,9-10,26H,8H2,1H3,(H2,22,23,24). The van der Waals surface area contributed by atoms with Crippen molar-refractivity contribution in [2.45, 2.75) is 18.4 Å². The zero-order chi connectivity index (χ0) is 19.4. The Morgan fingerprint density at radius 3 is 2.54 bits per heavy atom. The third-order valence-electron chi connectivity index (χ3n) is 3.68. The summed E-state index contributed by atoms with van der Waals surface area (Å²) in [5.74, 6) is -6.35. The highest BCUT2D eigenvalue weighted by atomic mass is 19.3. The molecule has 0 aliphatic rings. The second-order valence-electron chi connectivity index (χ2n) is 5.53. The number of nitrogens with zero attached hydrogens (tertiary/aromatic N) is 3. The fourth-order valence-electron chi connectivity index (χ4n) is 2.30. The monoisotopic (exact) mass is 368 g/mol. The summed E-state index contributed by atoms with van der Waals surface area (Å²) in [5, 5.41) is 10.8. The first-order chi connectivity index (χ1) is 12.2. The first-order valence-electron chi connectivity index (χ1n) is 7.43. The van der Waals surface area contributed by atoms with Crippen LogP contribution in [-0.2, 0) is 11.5 Å². The number of benzene rings is 1. The van der Waals surface area contributed by atoms with E-state index in [2.05, 4.69) is 15.0 Å². The lowest BCUT2D eigenvalue weighted by molar-refractivity contribution is -0.193. The van der Waals surface area contributed by atoms with Crippen LogP contribution in [0.15, 0.2) is 46.5 Å². The summed E-state index contributed by atoms with van der Waals surface area (Å²) in [7, 11) is 0. The fourth-order valence-corrected chi connectivity index (χ4v) is 2.30. The van der Waals surface area contributed by atoms with Gasteiger partial charge in [0, 0.05) is 17.8 Å². The van der Waals surface area contributed by atoms with Crippen molar-refractivity contribution >= 4 is 12.7 Å². The summed E-state index contributed by atoms with van der Waals surface area (Å²) in [6, 6.07) is 4.31. The van der Waals surface area contributed by atoms with E-state index in [-0.39, 0.29) is 0 Å². The fraction of sp³-hybridized carbons (Fsp3) is 0.235. The van der Waals surface area contributed by atoms with E-state index in [0.29, 0.717) is 11.6 Å². The number of hydrogen-bond acceptors (Lipinski definition) is 3. The molecule has 0 bridgehead atoms. The minimum Gasteiger partial charge on any atom is -0.390 e. The molecular weight excluding hydrogens is 352 g/mol. The number of aliphatic imine (C=N–C) groups is 2. The molecule has 0 saturated heterocycles. The van der Waals surface area contributed by atoms with Gasteiger partial charge in [0.25, 0.3) is 0 Å². The van der Waals surface area contributed by atoms with E-state index in [1.54, 1.807) is 6.92 Å². The van der Waals surface area contributed by atoms with E-state index in [1.165, 1.54) is 12.3 Å². The molecule has 0 spiro atoms. The lowest BCUT2D eigenvalue weighted by Crippen LogP contribution is -2.47. The number of pyridine rings is 1. The average molecular weight is 368 g/mol. The molecule has 0 radical (unpaired) electrons. The van der Waals surface area contributed by atoms with Gasteiger partial charge in [-0.05, 0) is 30.7 Å². The molecule has 1 aromatic carbocycles. The molecule has 0 fully saturated rings. The summed E-state index contributed by atoms with van der Waals surface area (Å²) in [6.07, 6.45) is 2.89. The molecule has 3 N–H and O–H groups in total. The Bertz CT molecular complexity index is 824. The number of halogens is 4. The van der Waals surface area contributed by atoms with E-state index in [9.17, 15) is 13.9 Å². The highest BCUT2D eigenvalue weighted by Crippen LogP contribution is 2.45. The van der Waals surface area contributed by atoms with Gasteiger partial charge in [-0.3, -0.25) is 9.98 Å². The first kappa shape index (κ1) is 19.5. The van der Waals surface area contributed by atoms with Crippen molar-refractivity contribution < 1.29 is 22.7 Å². The first-order valence-corrected chi connectivity index (χ1v) is 7.43. The molecule has 1 unspecified atom stereocenters. The molecule has 1 heterocycles. The number of aliphatic hydroxyl groups is 1. The van der Waals surface area contributed by atoms with Crippen molar-refractivity contribution in [2.75, 3.05) is 6.54 Å². The molecule has 0 aliphatic heterocycles. The maximum Gasteiger partial charge on any atom is 0.323 e. The van der Waals surface area contributed by atoms with Gasteiger partial charge in [-0.15, -0.1) is 0 Å². The second kappa shape index (κ2) is 7.61. The molecule has 0 saturated carbocycles. The van der Waals surface area contributed by atoms with Crippen molar-refractivity contribution in [3.8, 4) is 0 Å².